The molecule has 0 bridgehead atoms. The molecule has 8 nitrogen and oxygen atoms in total. The van der Waals surface area contributed by atoms with Crippen LogP contribution in [-0.2, 0) is 9.53 Å². The van der Waals surface area contributed by atoms with E-state index in [1.54, 1.807) is 13.8 Å². The van der Waals surface area contributed by atoms with Crippen molar-refractivity contribution in [1.82, 2.24) is 4.90 Å². The number of aliphatic hydroxyl groups is 1. The van der Waals surface area contributed by atoms with Crippen LogP contribution in [0.2, 0.25) is 0 Å². The summed E-state index contributed by atoms with van der Waals surface area (Å²) in [5.41, 5.74) is -0.667. The van der Waals surface area contributed by atoms with Crippen molar-refractivity contribution < 1.29 is 24.3 Å². The molecule has 3 rings (SSSR count). The summed E-state index contributed by atoms with van der Waals surface area (Å²) < 4.78 is 10.9. The highest BCUT2D eigenvalue weighted by molar-refractivity contribution is 5.91. The number of fused-ring (bicyclic) bond motifs is 1. The fourth-order valence-electron chi connectivity index (χ4n) is 3.08. The molecule has 2 heterocycles. The third-order valence-corrected chi connectivity index (χ3v) is 4.40. The van der Waals surface area contributed by atoms with Crippen LogP contribution in [0.3, 0.4) is 0 Å². The molecule has 2 atom stereocenters. The molecule has 1 aromatic carbocycles. The Hall–Kier alpha value is -2.61. The molecule has 0 radical (unpaired) electrons. The van der Waals surface area contributed by atoms with Crippen molar-refractivity contribution in [2.45, 2.75) is 31.6 Å². The molecule has 24 heavy (non-hydrogen) atoms. The number of hydrogen-bond acceptors (Lipinski definition) is 6. The summed E-state index contributed by atoms with van der Waals surface area (Å²) in [6, 6.07) is 3.42. The molecule has 0 fully saturated rings. The van der Waals surface area contributed by atoms with Crippen LogP contribution in [0, 0.1) is 10.1 Å². The second-order valence-electron chi connectivity index (χ2n) is 6.36. The van der Waals surface area contributed by atoms with E-state index in [-0.39, 0.29) is 18.1 Å². The number of non-ortho nitro benzene ring substituents is 1. The van der Waals surface area contributed by atoms with Crippen molar-refractivity contribution in [3.63, 3.8) is 0 Å². The van der Waals surface area contributed by atoms with E-state index in [0.717, 1.165) is 0 Å². The van der Waals surface area contributed by atoms with E-state index in [0.29, 0.717) is 17.1 Å². The van der Waals surface area contributed by atoms with Gasteiger partial charge in [0.1, 0.15) is 23.2 Å². The van der Waals surface area contributed by atoms with Crippen LogP contribution in [0.4, 0.5) is 5.69 Å². The number of methoxy groups -OCH3 is 1. The molecule has 128 valence electrons. The highest BCUT2D eigenvalue weighted by Crippen LogP contribution is 2.45. The highest BCUT2D eigenvalue weighted by atomic mass is 16.6. The first-order chi connectivity index (χ1) is 11.2. The van der Waals surface area contributed by atoms with Gasteiger partial charge in [0, 0.05) is 23.8 Å². The minimum absolute atomic E-state index is 0.124. The van der Waals surface area contributed by atoms with Gasteiger partial charge in [-0.05, 0) is 19.9 Å². The lowest BCUT2D eigenvalue weighted by Crippen LogP contribution is -2.54. The fourth-order valence-corrected chi connectivity index (χ4v) is 3.08. The first-order valence-electron chi connectivity index (χ1n) is 7.45. The monoisotopic (exact) mass is 334 g/mol. The van der Waals surface area contributed by atoms with Gasteiger partial charge in [0.25, 0.3) is 11.6 Å². The average molecular weight is 334 g/mol. The van der Waals surface area contributed by atoms with Crippen LogP contribution >= 0.6 is 0 Å². The second-order valence-corrected chi connectivity index (χ2v) is 6.36. The lowest BCUT2D eigenvalue weighted by atomic mass is 9.85. The maximum absolute atomic E-state index is 12.3. The Morgan fingerprint density at radius 1 is 1.46 bits per heavy atom. The number of nitro benzene ring substituents is 1. The molecular formula is C16H18N2O6. The van der Waals surface area contributed by atoms with E-state index in [1.165, 1.54) is 36.3 Å². The molecule has 0 aromatic heterocycles. The van der Waals surface area contributed by atoms with Crippen molar-refractivity contribution in [2.24, 2.45) is 0 Å². The van der Waals surface area contributed by atoms with Gasteiger partial charge in [0.05, 0.1) is 24.6 Å². The van der Waals surface area contributed by atoms with Gasteiger partial charge in [-0.2, -0.15) is 0 Å². The Morgan fingerprint density at radius 3 is 2.75 bits per heavy atom. The number of ether oxygens (including phenoxy) is 2. The Balaban J connectivity index is 2.09. The number of hydrogen-bond donors (Lipinski definition) is 1. The van der Waals surface area contributed by atoms with Gasteiger partial charge in [-0.1, -0.05) is 0 Å². The quantitative estimate of drug-likeness (QED) is 0.664. The van der Waals surface area contributed by atoms with Gasteiger partial charge < -0.3 is 19.5 Å². The minimum atomic E-state index is -1.06. The molecule has 0 unspecified atom stereocenters. The van der Waals surface area contributed by atoms with E-state index in [9.17, 15) is 20.0 Å². The van der Waals surface area contributed by atoms with E-state index in [1.807, 2.05) is 0 Å². The van der Waals surface area contributed by atoms with Crippen molar-refractivity contribution >= 4 is 11.6 Å². The Kier molecular flexibility index (Phi) is 3.71. The minimum Gasteiger partial charge on any atom is -0.499 e. The van der Waals surface area contributed by atoms with Gasteiger partial charge in [-0.15, -0.1) is 0 Å². The fraction of sp³-hybridized carbons (Fsp3) is 0.438. The van der Waals surface area contributed by atoms with E-state index in [4.69, 9.17) is 9.47 Å². The Bertz CT molecular complexity index is 742. The van der Waals surface area contributed by atoms with Crippen molar-refractivity contribution in [3.8, 4) is 5.75 Å². The molecular weight excluding hydrogens is 316 g/mol. The zero-order chi connectivity index (χ0) is 17.6. The Morgan fingerprint density at radius 2 is 2.17 bits per heavy atom. The maximum Gasteiger partial charge on any atom is 0.270 e. The summed E-state index contributed by atoms with van der Waals surface area (Å²) in [4.78, 5) is 24.3. The van der Waals surface area contributed by atoms with Gasteiger partial charge in [-0.25, -0.2) is 0 Å². The van der Waals surface area contributed by atoms with Crippen LogP contribution < -0.4 is 4.74 Å². The number of carbonyl (C=O) groups excluding carboxylic acids is 1. The molecule has 1 aromatic rings. The van der Waals surface area contributed by atoms with Gasteiger partial charge in [0.2, 0.25) is 0 Å². The summed E-state index contributed by atoms with van der Waals surface area (Å²) in [6.45, 7) is 3.61. The number of nitrogens with zero attached hydrogens (tertiary/aromatic N) is 2. The summed E-state index contributed by atoms with van der Waals surface area (Å²) >= 11 is 0. The van der Waals surface area contributed by atoms with Crippen molar-refractivity contribution in [1.29, 1.82) is 0 Å². The summed E-state index contributed by atoms with van der Waals surface area (Å²) in [5, 5.41) is 21.8. The maximum atomic E-state index is 12.3. The number of amides is 1. The third-order valence-electron chi connectivity index (χ3n) is 4.40. The summed E-state index contributed by atoms with van der Waals surface area (Å²) in [7, 11) is 1.46. The molecule has 8 heteroatoms. The van der Waals surface area contributed by atoms with Gasteiger partial charge in [-0.3, -0.25) is 14.9 Å². The SMILES string of the molecule is COC1=CC(=O)N([C@H]2c3cc([N+](=O)[O-])ccc3OC(C)(C)[C@@H]2O)C1. The second kappa shape index (κ2) is 5.48. The molecule has 2 aliphatic rings. The zero-order valence-electron chi connectivity index (χ0n) is 13.6. The number of benzene rings is 1. The van der Waals surface area contributed by atoms with Crippen LogP contribution in [0.1, 0.15) is 25.5 Å². The number of nitro groups is 1. The summed E-state index contributed by atoms with van der Waals surface area (Å²) in [6.07, 6.45) is 0.298. The predicted octanol–water partition coefficient (Wildman–Crippen LogP) is 1.54. The van der Waals surface area contributed by atoms with Crippen LogP contribution in [0.5, 0.6) is 5.75 Å². The number of rotatable bonds is 3. The molecule has 1 amide bonds. The molecule has 0 saturated carbocycles. The number of aliphatic hydroxyl groups excluding tert-OH is 1. The topological polar surface area (TPSA) is 102 Å². The largest absolute Gasteiger partial charge is 0.499 e. The smallest absolute Gasteiger partial charge is 0.270 e. The highest BCUT2D eigenvalue weighted by Gasteiger charge is 2.48. The van der Waals surface area contributed by atoms with E-state index < -0.39 is 22.7 Å². The van der Waals surface area contributed by atoms with Gasteiger partial charge in [0.15, 0.2) is 0 Å². The number of carbonyl (C=O) groups is 1. The van der Waals surface area contributed by atoms with E-state index in [2.05, 4.69) is 0 Å². The van der Waals surface area contributed by atoms with Crippen LogP contribution in [0.25, 0.3) is 0 Å². The lowest BCUT2D eigenvalue weighted by Gasteiger charge is -2.45. The third kappa shape index (κ3) is 2.48. The predicted molar refractivity (Wildman–Crippen MR) is 83.4 cm³/mol. The first kappa shape index (κ1) is 16.3. The zero-order valence-corrected chi connectivity index (χ0v) is 13.6. The van der Waals surface area contributed by atoms with Crippen molar-refractivity contribution in [2.75, 3.05) is 13.7 Å². The Labute approximate surface area is 138 Å². The molecule has 1 N–H and O–H groups in total. The molecule has 2 aliphatic heterocycles. The molecule has 0 saturated heterocycles. The lowest BCUT2D eigenvalue weighted by molar-refractivity contribution is -0.385. The normalized spacial score (nSPS) is 24.9. The van der Waals surface area contributed by atoms with Crippen LogP contribution in [0.15, 0.2) is 30.0 Å². The molecule has 0 spiro atoms. The van der Waals surface area contributed by atoms with Crippen LogP contribution in [-0.4, -0.2) is 46.2 Å². The van der Waals surface area contributed by atoms with Crippen molar-refractivity contribution in [3.05, 3.63) is 45.7 Å². The molecule has 0 aliphatic carbocycles. The average Bonchev–Trinajstić information content (AvgIpc) is 2.88. The summed E-state index contributed by atoms with van der Waals surface area (Å²) in [5.74, 6) is 0.578. The van der Waals surface area contributed by atoms with Gasteiger partial charge >= 0.3 is 0 Å². The standard InChI is InChI=1S/C16H18N2O6/c1-16(2)15(20)14(17-8-10(23-3)7-13(17)19)11-6-9(18(21)22)4-5-12(11)24-16/h4-7,14-15,20H,8H2,1-3H3/t14-,15+/m0/s1. The van der Waals surface area contributed by atoms with E-state index >= 15 is 0 Å². The first-order valence-corrected chi connectivity index (χ1v) is 7.45.